The van der Waals surface area contributed by atoms with Crippen LogP contribution in [0.5, 0.6) is 0 Å². The number of piperazine rings is 1. The zero-order valence-corrected chi connectivity index (χ0v) is 12.8. The maximum absolute atomic E-state index is 5.82. The molecule has 0 amide bonds. The molecule has 3 heterocycles. The van der Waals surface area contributed by atoms with Crippen molar-refractivity contribution >= 4 is 22.9 Å². The first kappa shape index (κ1) is 13.8. The first-order valence-corrected chi connectivity index (χ1v) is 8.27. The van der Waals surface area contributed by atoms with E-state index in [1.54, 1.807) is 6.33 Å². The van der Waals surface area contributed by atoms with E-state index in [-0.39, 0.29) is 0 Å². The summed E-state index contributed by atoms with van der Waals surface area (Å²) in [6.45, 7) is 4.18. The molecule has 7 nitrogen and oxygen atoms in total. The van der Waals surface area contributed by atoms with E-state index in [1.807, 2.05) is 0 Å². The number of rotatable bonds is 2. The predicted molar refractivity (Wildman–Crippen MR) is 86.8 cm³/mol. The van der Waals surface area contributed by atoms with Gasteiger partial charge in [0.2, 0.25) is 5.95 Å². The average molecular weight is 301 g/mol. The highest BCUT2D eigenvalue weighted by molar-refractivity contribution is 5.84. The normalized spacial score (nSPS) is 21.5. The second-order valence-corrected chi connectivity index (χ2v) is 6.32. The summed E-state index contributed by atoms with van der Waals surface area (Å²) in [4.78, 5) is 20.9. The Morgan fingerprint density at radius 3 is 2.59 bits per heavy atom. The monoisotopic (exact) mass is 301 g/mol. The molecular formula is C15H23N7. The smallest absolute Gasteiger partial charge is 0.224 e. The van der Waals surface area contributed by atoms with Crippen LogP contribution in [0, 0.1) is 0 Å². The van der Waals surface area contributed by atoms with Crippen LogP contribution in [0.4, 0.5) is 11.8 Å². The fourth-order valence-electron chi connectivity index (χ4n) is 3.81. The number of aromatic nitrogens is 4. The Morgan fingerprint density at radius 2 is 1.82 bits per heavy atom. The highest BCUT2D eigenvalue weighted by Crippen LogP contribution is 2.26. The molecule has 2 aromatic rings. The number of nitrogens with two attached hydrogens (primary N) is 1. The van der Waals surface area contributed by atoms with Crippen LogP contribution in [0.2, 0.25) is 0 Å². The summed E-state index contributed by atoms with van der Waals surface area (Å²) in [5, 5.41) is 0. The first-order valence-electron chi connectivity index (χ1n) is 8.27. The zero-order valence-electron chi connectivity index (χ0n) is 12.8. The molecule has 22 heavy (non-hydrogen) atoms. The molecule has 3 N–H and O–H groups in total. The molecule has 0 aromatic carbocycles. The van der Waals surface area contributed by atoms with Crippen molar-refractivity contribution < 1.29 is 0 Å². The number of nitrogens with one attached hydrogen (secondary N) is 1. The van der Waals surface area contributed by atoms with Crippen LogP contribution in [0.3, 0.4) is 0 Å². The molecule has 1 saturated heterocycles. The Morgan fingerprint density at radius 1 is 1.05 bits per heavy atom. The van der Waals surface area contributed by atoms with Gasteiger partial charge in [-0.05, 0) is 12.8 Å². The number of H-pyrrole nitrogens is 1. The molecule has 0 spiro atoms. The van der Waals surface area contributed by atoms with Gasteiger partial charge in [-0.2, -0.15) is 9.97 Å². The lowest BCUT2D eigenvalue weighted by Crippen LogP contribution is -2.51. The molecule has 1 saturated carbocycles. The van der Waals surface area contributed by atoms with Crippen molar-refractivity contribution in [1.29, 1.82) is 0 Å². The summed E-state index contributed by atoms with van der Waals surface area (Å²) in [7, 11) is 0. The predicted octanol–water partition coefficient (Wildman–Crippen LogP) is 1.39. The van der Waals surface area contributed by atoms with Crippen LogP contribution in [0.1, 0.15) is 32.1 Å². The van der Waals surface area contributed by atoms with Crippen molar-refractivity contribution in [2.24, 2.45) is 0 Å². The van der Waals surface area contributed by atoms with Gasteiger partial charge in [0.15, 0.2) is 11.5 Å². The molecule has 1 aliphatic carbocycles. The Kier molecular flexibility index (Phi) is 3.57. The van der Waals surface area contributed by atoms with Gasteiger partial charge >= 0.3 is 0 Å². The first-order chi connectivity index (χ1) is 10.8. The summed E-state index contributed by atoms with van der Waals surface area (Å²) >= 11 is 0. The van der Waals surface area contributed by atoms with E-state index in [9.17, 15) is 0 Å². The number of anilines is 2. The van der Waals surface area contributed by atoms with Crippen molar-refractivity contribution in [3.63, 3.8) is 0 Å². The lowest BCUT2D eigenvalue weighted by atomic mass is 9.94. The molecule has 0 unspecified atom stereocenters. The summed E-state index contributed by atoms with van der Waals surface area (Å²) in [6, 6.07) is 0.790. The van der Waals surface area contributed by atoms with Crippen molar-refractivity contribution in [1.82, 2.24) is 24.8 Å². The van der Waals surface area contributed by atoms with Crippen molar-refractivity contribution in [3.8, 4) is 0 Å². The van der Waals surface area contributed by atoms with Crippen molar-refractivity contribution in [3.05, 3.63) is 6.33 Å². The number of nitrogens with zero attached hydrogens (tertiary/aromatic N) is 5. The van der Waals surface area contributed by atoms with Crippen molar-refractivity contribution in [2.45, 2.75) is 38.1 Å². The minimum Gasteiger partial charge on any atom is -0.368 e. The Hall–Kier alpha value is -1.89. The summed E-state index contributed by atoms with van der Waals surface area (Å²) in [5.41, 5.74) is 7.36. The van der Waals surface area contributed by atoms with Crippen molar-refractivity contribution in [2.75, 3.05) is 36.8 Å². The standard InChI is InChI=1S/C15H23N7/c16-15-19-13-12(17-10-18-13)14(20-15)22-8-6-21(7-9-22)11-4-2-1-3-5-11/h10-11H,1-9H2,(H3,16,17,18,19,20). The van der Waals surface area contributed by atoms with Gasteiger partial charge in [0.25, 0.3) is 0 Å². The third kappa shape index (κ3) is 2.49. The molecule has 1 aliphatic heterocycles. The Labute approximate surface area is 129 Å². The summed E-state index contributed by atoms with van der Waals surface area (Å²) < 4.78 is 0. The van der Waals surface area contributed by atoms with Gasteiger partial charge in [0.05, 0.1) is 6.33 Å². The van der Waals surface area contributed by atoms with E-state index in [1.165, 1.54) is 32.1 Å². The van der Waals surface area contributed by atoms with Gasteiger partial charge in [-0.1, -0.05) is 19.3 Å². The molecule has 2 fully saturated rings. The zero-order chi connectivity index (χ0) is 14.9. The molecule has 0 radical (unpaired) electrons. The maximum atomic E-state index is 5.82. The van der Waals surface area contributed by atoms with Gasteiger partial charge < -0.3 is 15.6 Å². The average Bonchev–Trinajstić information content (AvgIpc) is 3.03. The molecule has 2 aliphatic rings. The lowest BCUT2D eigenvalue weighted by molar-refractivity contribution is 0.148. The van der Waals surface area contributed by atoms with E-state index < -0.39 is 0 Å². The molecule has 4 rings (SSSR count). The number of hydrogen-bond acceptors (Lipinski definition) is 6. The van der Waals surface area contributed by atoms with Crippen LogP contribution in [-0.2, 0) is 0 Å². The van der Waals surface area contributed by atoms with Crippen LogP contribution >= 0.6 is 0 Å². The topological polar surface area (TPSA) is 87.0 Å². The molecule has 118 valence electrons. The van der Waals surface area contributed by atoms with E-state index >= 15 is 0 Å². The van der Waals surface area contributed by atoms with E-state index in [4.69, 9.17) is 5.73 Å². The number of nitrogen functional groups attached to an aromatic ring is 1. The molecule has 7 heteroatoms. The van der Waals surface area contributed by atoms with Gasteiger partial charge in [0, 0.05) is 32.2 Å². The van der Waals surface area contributed by atoms with Gasteiger partial charge in [0.1, 0.15) is 5.52 Å². The highest BCUT2D eigenvalue weighted by atomic mass is 15.3. The van der Waals surface area contributed by atoms with Crippen LogP contribution < -0.4 is 10.6 Å². The Bertz CT molecular complexity index is 638. The SMILES string of the molecule is Nc1nc(N2CCN(C3CCCCC3)CC2)c2[nH]cnc2n1. The number of aromatic amines is 1. The maximum Gasteiger partial charge on any atom is 0.224 e. The minimum absolute atomic E-state index is 0.296. The minimum atomic E-state index is 0.296. The summed E-state index contributed by atoms with van der Waals surface area (Å²) in [6.07, 6.45) is 8.58. The van der Waals surface area contributed by atoms with E-state index in [0.29, 0.717) is 11.6 Å². The molecule has 0 atom stereocenters. The third-order valence-corrected chi connectivity index (χ3v) is 4.99. The Balaban J connectivity index is 1.49. The van der Waals surface area contributed by atoms with Crippen LogP contribution in [0.15, 0.2) is 6.33 Å². The van der Waals surface area contributed by atoms with Gasteiger partial charge in [-0.3, -0.25) is 4.90 Å². The van der Waals surface area contributed by atoms with E-state index in [2.05, 4.69) is 29.7 Å². The second-order valence-electron chi connectivity index (χ2n) is 6.32. The molecule has 2 aromatic heterocycles. The quantitative estimate of drug-likeness (QED) is 0.871. The third-order valence-electron chi connectivity index (χ3n) is 4.99. The summed E-state index contributed by atoms with van der Waals surface area (Å²) in [5.74, 6) is 1.19. The molecule has 0 bridgehead atoms. The number of fused-ring (bicyclic) bond motifs is 1. The highest BCUT2D eigenvalue weighted by Gasteiger charge is 2.26. The van der Waals surface area contributed by atoms with Crippen LogP contribution in [0.25, 0.3) is 11.2 Å². The number of hydrogen-bond donors (Lipinski definition) is 2. The van der Waals surface area contributed by atoms with Gasteiger partial charge in [-0.15, -0.1) is 0 Å². The number of imidazole rings is 1. The van der Waals surface area contributed by atoms with Gasteiger partial charge in [-0.25, -0.2) is 4.98 Å². The van der Waals surface area contributed by atoms with Crippen LogP contribution in [-0.4, -0.2) is 57.1 Å². The molecular weight excluding hydrogens is 278 g/mol. The largest absolute Gasteiger partial charge is 0.368 e. The lowest BCUT2D eigenvalue weighted by Gasteiger charge is -2.41. The van der Waals surface area contributed by atoms with E-state index in [0.717, 1.165) is 43.6 Å². The fraction of sp³-hybridized carbons (Fsp3) is 0.667. The second kappa shape index (κ2) is 5.72. The fourth-order valence-corrected chi connectivity index (χ4v) is 3.81.